The molecule has 0 saturated heterocycles. The van der Waals surface area contributed by atoms with Gasteiger partial charge in [0, 0.05) is 19.8 Å². The Hall–Kier alpha value is -2.71. The summed E-state index contributed by atoms with van der Waals surface area (Å²) in [5, 5.41) is 27.2. The zero-order valence-corrected chi connectivity index (χ0v) is 10.1. The van der Waals surface area contributed by atoms with Gasteiger partial charge in [-0.15, -0.1) is 0 Å². The fraction of sp³-hybridized carbons (Fsp3) is 0.300. The van der Waals surface area contributed by atoms with Gasteiger partial charge in [-0.2, -0.15) is 10.2 Å². The lowest BCUT2D eigenvalue weighted by Crippen LogP contribution is -2.05. The molecular weight excluding hydrogens is 254 g/mol. The Kier molecular flexibility index (Phi) is 3.27. The van der Waals surface area contributed by atoms with Crippen molar-refractivity contribution in [3.8, 4) is 0 Å². The Morgan fingerprint density at radius 1 is 1.53 bits per heavy atom. The molecule has 9 heteroatoms. The van der Waals surface area contributed by atoms with E-state index in [2.05, 4.69) is 10.2 Å². The second-order valence-corrected chi connectivity index (χ2v) is 3.96. The van der Waals surface area contributed by atoms with E-state index in [0.29, 0.717) is 13.0 Å². The Bertz CT molecular complexity index is 598. The standard InChI is InChI=1S/C10H11N5O4/c1-13-5-7(4-11-13)2-3-14-6-8(15(18)19)9(12-14)10(16)17/h4-6H,2-3H2,1H3,(H,16,17). The molecule has 0 spiro atoms. The summed E-state index contributed by atoms with van der Waals surface area (Å²) in [7, 11) is 1.78. The van der Waals surface area contributed by atoms with Crippen LogP contribution in [0.5, 0.6) is 0 Å². The third-order valence-corrected chi connectivity index (χ3v) is 2.53. The maximum atomic E-state index is 10.8. The molecule has 100 valence electrons. The number of rotatable bonds is 5. The minimum Gasteiger partial charge on any atom is -0.476 e. The van der Waals surface area contributed by atoms with E-state index in [1.54, 1.807) is 17.9 Å². The first kappa shape index (κ1) is 12.7. The lowest BCUT2D eigenvalue weighted by Gasteiger charge is -1.97. The van der Waals surface area contributed by atoms with Crippen molar-refractivity contribution in [2.45, 2.75) is 13.0 Å². The van der Waals surface area contributed by atoms with E-state index in [-0.39, 0.29) is 0 Å². The molecule has 9 nitrogen and oxygen atoms in total. The third-order valence-electron chi connectivity index (χ3n) is 2.53. The first-order valence-corrected chi connectivity index (χ1v) is 5.40. The van der Waals surface area contributed by atoms with Gasteiger partial charge in [0.25, 0.3) is 0 Å². The quantitative estimate of drug-likeness (QED) is 0.620. The second-order valence-electron chi connectivity index (χ2n) is 3.96. The number of carbonyl (C=O) groups is 1. The van der Waals surface area contributed by atoms with Crippen molar-refractivity contribution in [2.75, 3.05) is 0 Å². The van der Waals surface area contributed by atoms with Crippen LogP contribution in [0.15, 0.2) is 18.6 Å². The normalized spacial score (nSPS) is 10.6. The van der Waals surface area contributed by atoms with Crippen LogP contribution in [0.1, 0.15) is 16.1 Å². The zero-order chi connectivity index (χ0) is 14.0. The highest BCUT2D eigenvalue weighted by atomic mass is 16.6. The van der Waals surface area contributed by atoms with Gasteiger partial charge in [0.05, 0.1) is 11.1 Å². The van der Waals surface area contributed by atoms with Crippen LogP contribution in [0, 0.1) is 10.1 Å². The molecule has 2 aromatic rings. The van der Waals surface area contributed by atoms with Gasteiger partial charge in [-0.05, 0) is 12.0 Å². The number of aromatic carboxylic acids is 1. The molecule has 0 aliphatic rings. The molecule has 0 aliphatic carbocycles. The Balaban J connectivity index is 2.15. The summed E-state index contributed by atoms with van der Waals surface area (Å²) < 4.78 is 2.90. The SMILES string of the molecule is Cn1cc(CCn2cc([N+](=O)[O-])c(C(=O)O)n2)cn1. The number of nitro groups is 1. The molecule has 0 fully saturated rings. The Morgan fingerprint density at radius 2 is 2.26 bits per heavy atom. The molecule has 0 radical (unpaired) electrons. The Labute approximate surface area is 107 Å². The average Bonchev–Trinajstić information content (AvgIpc) is 2.92. The number of aryl methyl sites for hydroxylation is 3. The largest absolute Gasteiger partial charge is 0.476 e. The van der Waals surface area contributed by atoms with Crippen LogP contribution in [0.3, 0.4) is 0 Å². The van der Waals surface area contributed by atoms with E-state index in [1.165, 1.54) is 4.68 Å². The Morgan fingerprint density at radius 3 is 2.74 bits per heavy atom. The van der Waals surface area contributed by atoms with Gasteiger partial charge in [-0.1, -0.05) is 0 Å². The summed E-state index contributed by atoms with van der Waals surface area (Å²) in [6, 6.07) is 0. The van der Waals surface area contributed by atoms with Crippen LogP contribution in [-0.4, -0.2) is 35.6 Å². The number of hydrogen-bond donors (Lipinski definition) is 1. The van der Waals surface area contributed by atoms with Crippen LogP contribution in [0.4, 0.5) is 5.69 Å². The molecule has 0 aromatic carbocycles. The van der Waals surface area contributed by atoms with E-state index in [0.717, 1.165) is 11.8 Å². The fourth-order valence-electron chi connectivity index (χ4n) is 1.66. The smallest absolute Gasteiger partial charge is 0.363 e. The van der Waals surface area contributed by atoms with Gasteiger partial charge in [-0.3, -0.25) is 19.5 Å². The summed E-state index contributed by atoms with van der Waals surface area (Å²) in [6.45, 7) is 0.347. The van der Waals surface area contributed by atoms with Crippen molar-refractivity contribution >= 4 is 11.7 Å². The third kappa shape index (κ3) is 2.76. The lowest BCUT2D eigenvalue weighted by atomic mass is 10.2. The summed E-state index contributed by atoms with van der Waals surface area (Å²) >= 11 is 0. The number of hydrogen-bond acceptors (Lipinski definition) is 5. The van der Waals surface area contributed by atoms with Crippen LogP contribution in [0.25, 0.3) is 0 Å². The predicted octanol–water partition coefficient (Wildman–Crippen LogP) is 0.466. The van der Waals surface area contributed by atoms with Gasteiger partial charge in [0.1, 0.15) is 6.20 Å². The summed E-state index contributed by atoms with van der Waals surface area (Å²) in [5.74, 6) is -1.41. The molecule has 0 aliphatic heterocycles. The lowest BCUT2D eigenvalue weighted by molar-refractivity contribution is -0.385. The molecule has 0 atom stereocenters. The van der Waals surface area contributed by atoms with Gasteiger partial charge in [0.2, 0.25) is 5.69 Å². The molecule has 0 amide bonds. The van der Waals surface area contributed by atoms with E-state index in [4.69, 9.17) is 5.11 Å². The molecule has 19 heavy (non-hydrogen) atoms. The zero-order valence-electron chi connectivity index (χ0n) is 10.1. The average molecular weight is 265 g/mol. The summed E-state index contributed by atoms with van der Waals surface area (Å²) in [6.07, 6.45) is 5.18. The van der Waals surface area contributed by atoms with Crippen molar-refractivity contribution in [2.24, 2.45) is 7.05 Å². The second kappa shape index (κ2) is 4.88. The highest BCUT2D eigenvalue weighted by molar-refractivity contribution is 5.89. The first-order valence-electron chi connectivity index (χ1n) is 5.40. The fourth-order valence-corrected chi connectivity index (χ4v) is 1.66. The maximum Gasteiger partial charge on any atom is 0.363 e. The molecule has 1 N–H and O–H groups in total. The molecule has 2 heterocycles. The minimum absolute atomic E-state index is 0.347. The molecule has 0 saturated carbocycles. The molecule has 2 rings (SSSR count). The van der Waals surface area contributed by atoms with Crippen LogP contribution in [0.2, 0.25) is 0 Å². The molecule has 0 unspecified atom stereocenters. The minimum atomic E-state index is -1.41. The van der Waals surface area contributed by atoms with Crippen molar-refractivity contribution in [1.29, 1.82) is 0 Å². The van der Waals surface area contributed by atoms with Gasteiger partial charge >= 0.3 is 11.7 Å². The molecule has 0 bridgehead atoms. The molecular formula is C10H11N5O4. The van der Waals surface area contributed by atoms with Crippen molar-refractivity contribution < 1.29 is 14.8 Å². The highest BCUT2D eigenvalue weighted by Gasteiger charge is 2.24. The first-order chi connectivity index (χ1) is 8.97. The van der Waals surface area contributed by atoms with Crippen molar-refractivity contribution in [3.05, 3.63) is 40.0 Å². The topological polar surface area (TPSA) is 116 Å². The molecule has 2 aromatic heterocycles. The predicted molar refractivity (Wildman–Crippen MR) is 62.8 cm³/mol. The van der Waals surface area contributed by atoms with E-state index in [9.17, 15) is 14.9 Å². The van der Waals surface area contributed by atoms with Crippen LogP contribution >= 0.6 is 0 Å². The van der Waals surface area contributed by atoms with E-state index in [1.807, 2.05) is 6.20 Å². The highest BCUT2D eigenvalue weighted by Crippen LogP contribution is 2.16. The maximum absolute atomic E-state index is 10.8. The summed E-state index contributed by atoms with van der Waals surface area (Å²) in [4.78, 5) is 20.8. The van der Waals surface area contributed by atoms with Crippen molar-refractivity contribution in [1.82, 2.24) is 19.6 Å². The van der Waals surface area contributed by atoms with Gasteiger partial charge in [-0.25, -0.2) is 4.79 Å². The number of carboxylic acid groups (broad SMARTS) is 1. The van der Waals surface area contributed by atoms with Crippen LogP contribution < -0.4 is 0 Å². The number of carboxylic acids is 1. The van der Waals surface area contributed by atoms with E-state index < -0.39 is 22.3 Å². The van der Waals surface area contributed by atoms with E-state index >= 15 is 0 Å². The van der Waals surface area contributed by atoms with Gasteiger partial charge in [0.15, 0.2) is 0 Å². The van der Waals surface area contributed by atoms with Crippen molar-refractivity contribution in [3.63, 3.8) is 0 Å². The summed E-state index contributed by atoms with van der Waals surface area (Å²) in [5.41, 5.74) is -0.104. The van der Waals surface area contributed by atoms with Gasteiger partial charge < -0.3 is 5.11 Å². The number of aromatic nitrogens is 4. The number of nitrogens with zero attached hydrogens (tertiary/aromatic N) is 5. The monoisotopic (exact) mass is 265 g/mol. The van der Waals surface area contributed by atoms with Crippen LogP contribution in [-0.2, 0) is 20.0 Å².